The molecule has 0 radical (unpaired) electrons. The second kappa shape index (κ2) is 7.17. The summed E-state index contributed by atoms with van der Waals surface area (Å²) >= 11 is 0. The first kappa shape index (κ1) is 14.7. The molecule has 1 atom stereocenters. The van der Waals surface area contributed by atoms with Crippen LogP contribution in [0.1, 0.15) is 6.92 Å². The quantitative estimate of drug-likeness (QED) is 0.758. The first-order chi connectivity index (χ1) is 9.12. The fraction of sp³-hybridized carbons (Fsp3) is 0.357. The number of benzene rings is 1. The molecule has 102 valence electrons. The van der Waals surface area contributed by atoms with Crippen LogP contribution in [0, 0.1) is 12.3 Å². The van der Waals surface area contributed by atoms with Gasteiger partial charge in [0.05, 0.1) is 26.5 Å². The van der Waals surface area contributed by atoms with Gasteiger partial charge in [0.1, 0.15) is 17.5 Å². The highest BCUT2D eigenvalue weighted by Gasteiger charge is 2.14. The summed E-state index contributed by atoms with van der Waals surface area (Å²) in [6, 6.07) is 4.89. The number of hydrogen-bond acceptors (Lipinski definition) is 4. The van der Waals surface area contributed by atoms with Gasteiger partial charge in [0.2, 0.25) is 5.91 Å². The molecule has 0 aliphatic heterocycles. The van der Waals surface area contributed by atoms with Crippen molar-refractivity contribution in [1.82, 2.24) is 5.32 Å². The summed E-state index contributed by atoms with van der Waals surface area (Å²) in [4.78, 5) is 11.7. The van der Waals surface area contributed by atoms with E-state index in [0.717, 1.165) is 0 Å². The predicted molar refractivity (Wildman–Crippen MR) is 74.5 cm³/mol. The molecule has 0 spiro atoms. The first-order valence-corrected chi connectivity index (χ1v) is 5.82. The van der Waals surface area contributed by atoms with E-state index in [-0.39, 0.29) is 12.5 Å². The van der Waals surface area contributed by atoms with Crippen molar-refractivity contribution in [2.45, 2.75) is 13.0 Å². The first-order valence-electron chi connectivity index (χ1n) is 5.82. The van der Waals surface area contributed by atoms with Crippen LogP contribution in [0.15, 0.2) is 18.2 Å². The maximum atomic E-state index is 11.7. The van der Waals surface area contributed by atoms with Gasteiger partial charge >= 0.3 is 0 Å². The summed E-state index contributed by atoms with van der Waals surface area (Å²) in [5.41, 5.74) is 0.685. The molecule has 1 aromatic carbocycles. The number of methoxy groups -OCH3 is 2. The van der Waals surface area contributed by atoms with Gasteiger partial charge in [-0.1, -0.05) is 5.92 Å². The lowest BCUT2D eigenvalue weighted by atomic mass is 10.2. The summed E-state index contributed by atoms with van der Waals surface area (Å²) in [5.74, 6) is 3.49. The molecule has 0 saturated heterocycles. The van der Waals surface area contributed by atoms with Crippen molar-refractivity contribution < 1.29 is 14.3 Å². The third kappa shape index (κ3) is 4.11. The number of anilines is 1. The Morgan fingerprint density at radius 3 is 2.74 bits per heavy atom. The van der Waals surface area contributed by atoms with Crippen molar-refractivity contribution in [2.75, 3.05) is 26.1 Å². The standard InChI is InChI=1S/C14H18N2O3/c1-5-8-15-14(17)10(2)16-12-9-11(18-3)6-7-13(12)19-4/h1,6-7,9-10,16H,8H2,2-4H3,(H,15,17). The zero-order valence-corrected chi connectivity index (χ0v) is 11.3. The van der Waals surface area contributed by atoms with Crippen LogP contribution >= 0.6 is 0 Å². The molecule has 0 bridgehead atoms. The summed E-state index contributed by atoms with van der Waals surface area (Å²) in [6.45, 7) is 1.95. The minimum atomic E-state index is -0.436. The number of hydrogen-bond donors (Lipinski definition) is 2. The molecule has 1 rings (SSSR count). The van der Waals surface area contributed by atoms with Crippen LogP contribution in [0.3, 0.4) is 0 Å². The van der Waals surface area contributed by atoms with Gasteiger partial charge in [-0.2, -0.15) is 0 Å². The van der Waals surface area contributed by atoms with Crippen LogP contribution in [0.4, 0.5) is 5.69 Å². The van der Waals surface area contributed by atoms with Gasteiger partial charge in [0, 0.05) is 6.07 Å². The van der Waals surface area contributed by atoms with Crippen molar-refractivity contribution in [2.24, 2.45) is 0 Å². The lowest BCUT2D eigenvalue weighted by molar-refractivity contribution is -0.121. The Hall–Kier alpha value is -2.35. The average Bonchev–Trinajstić information content (AvgIpc) is 2.44. The molecule has 1 amide bonds. The third-order valence-electron chi connectivity index (χ3n) is 2.54. The van der Waals surface area contributed by atoms with E-state index in [1.54, 1.807) is 39.3 Å². The largest absolute Gasteiger partial charge is 0.497 e. The van der Waals surface area contributed by atoms with Crippen LogP contribution in [0.25, 0.3) is 0 Å². The Bertz CT molecular complexity index is 480. The lowest BCUT2D eigenvalue weighted by Crippen LogP contribution is -2.37. The molecule has 0 fully saturated rings. The number of amides is 1. The van der Waals surface area contributed by atoms with Crippen LogP contribution in [-0.4, -0.2) is 32.7 Å². The number of nitrogens with one attached hydrogen (secondary N) is 2. The maximum absolute atomic E-state index is 11.7. The van der Waals surface area contributed by atoms with Crippen LogP contribution in [-0.2, 0) is 4.79 Å². The van der Waals surface area contributed by atoms with Crippen molar-refractivity contribution in [3.8, 4) is 23.8 Å². The Morgan fingerprint density at radius 2 is 2.16 bits per heavy atom. The highest BCUT2D eigenvalue weighted by atomic mass is 16.5. The lowest BCUT2D eigenvalue weighted by Gasteiger charge is -2.17. The molecule has 19 heavy (non-hydrogen) atoms. The number of carbonyl (C=O) groups is 1. The zero-order chi connectivity index (χ0) is 14.3. The minimum absolute atomic E-state index is 0.178. The van der Waals surface area contributed by atoms with Gasteiger partial charge in [-0.3, -0.25) is 4.79 Å². The third-order valence-corrected chi connectivity index (χ3v) is 2.54. The van der Waals surface area contributed by atoms with E-state index in [9.17, 15) is 4.79 Å². The highest BCUT2D eigenvalue weighted by Crippen LogP contribution is 2.29. The number of ether oxygens (including phenoxy) is 2. The monoisotopic (exact) mass is 262 g/mol. The van der Waals surface area contributed by atoms with Crippen molar-refractivity contribution in [3.05, 3.63) is 18.2 Å². The van der Waals surface area contributed by atoms with E-state index >= 15 is 0 Å². The van der Waals surface area contributed by atoms with Gasteiger partial charge in [-0.05, 0) is 19.1 Å². The second-order valence-electron chi connectivity index (χ2n) is 3.85. The summed E-state index contributed by atoms with van der Waals surface area (Å²) in [6.07, 6.45) is 5.09. The molecule has 5 heteroatoms. The summed E-state index contributed by atoms with van der Waals surface area (Å²) in [7, 11) is 3.14. The molecule has 0 saturated carbocycles. The topological polar surface area (TPSA) is 59.6 Å². The highest BCUT2D eigenvalue weighted by molar-refractivity contribution is 5.85. The van der Waals surface area contributed by atoms with E-state index in [1.165, 1.54) is 0 Å². The average molecular weight is 262 g/mol. The van der Waals surface area contributed by atoms with Crippen LogP contribution in [0.2, 0.25) is 0 Å². The molecule has 0 heterocycles. The van der Waals surface area contributed by atoms with E-state index in [2.05, 4.69) is 16.6 Å². The van der Waals surface area contributed by atoms with Gasteiger partial charge in [0.25, 0.3) is 0 Å². The molecule has 0 aromatic heterocycles. The minimum Gasteiger partial charge on any atom is -0.497 e. The Labute approximate surface area is 113 Å². The molecule has 1 unspecified atom stereocenters. The summed E-state index contributed by atoms with van der Waals surface area (Å²) in [5, 5.41) is 5.67. The van der Waals surface area contributed by atoms with E-state index in [4.69, 9.17) is 15.9 Å². The molecule has 2 N–H and O–H groups in total. The van der Waals surface area contributed by atoms with E-state index in [0.29, 0.717) is 17.2 Å². The zero-order valence-electron chi connectivity index (χ0n) is 11.3. The van der Waals surface area contributed by atoms with Gasteiger partial charge in [-0.15, -0.1) is 6.42 Å². The smallest absolute Gasteiger partial charge is 0.242 e. The van der Waals surface area contributed by atoms with Gasteiger partial charge in [-0.25, -0.2) is 0 Å². The normalized spacial score (nSPS) is 11.1. The van der Waals surface area contributed by atoms with E-state index in [1.807, 2.05) is 0 Å². The number of rotatable bonds is 6. The SMILES string of the molecule is C#CCNC(=O)C(C)Nc1cc(OC)ccc1OC. The maximum Gasteiger partial charge on any atom is 0.242 e. The van der Waals surface area contributed by atoms with Gasteiger partial charge in [0.15, 0.2) is 0 Å². The van der Waals surface area contributed by atoms with E-state index < -0.39 is 6.04 Å². The molecule has 0 aliphatic carbocycles. The summed E-state index contributed by atoms with van der Waals surface area (Å²) < 4.78 is 10.4. The Kier molecular flexibility index (Phi) is 5.55. The second-order valence-corrected chi connectivity index (χ2v) is 3.85. The molecular weight excluding hydrogens is 244 g/mol. The molecule has 0 aliphatic rings. The predicted octanol–water partition coefficient (Wildman–Crippen LogP) is 1.25. The number of carbonyl (C=O) groups excluding carboxylic acids is 1. The molecule has 1 aromatic rings. The van der Waals surface area contributed by atoms with Gasteiger partial charge < -0.3 is 20.1 Å². The van der Waals surface area contributed by atoms with Crippen molar-refractivity contribution in [1.29, 1.82) is 0 Å². The van der Waals surface area contributed by atoms with Crippen molar-refractivity contribution in [3.63, 3.8) is 0 Å². The Morgan fingerprint density at radius 1 is 1.42 bits per heavy atom. The fourth-order valence-corrected chi connectivity index (χ4v) is 1.52. The fourth-order valence-electron chi connectivity index (χ4n) is 1.52. The Balaban J connectivity index is 2.80. The van der Waals surface area contributed by atoms with Crippen LogP contribution < -0.4 is 20.1 Å². The molecular formula is C14H18N2O3. The van der Waals surface area contributed by atoms with Crippen molar-refractivity contribution >= 4 is 11.6 Å². The number of terminal acetylenes is 1. The molecule has 5 nitrogen and oxygen atoms in total. The van der Waals surface area contributed by atoms with Crippen LogP contribution in [0.5, 0.6) is 11.5 Å².